The number of carbonyl (C=O) groups is 2. The molecule has 1 unspecified atom stereocenters. The fourth-order valence-electron chi connectivity index (χ4n) is 4.69. The van der Waals surface area contributed by atoms with E-state index in [9.17, 15) is 22.7 Å². The highest BCUT2D eigenvalue weighted by molar-refractivity contribution is 7.76. The van der Waals surface area contributed by atoms with Gasteiger partial charge >= 0.3 is 0 Å². The number of hydrogen-bond acceptors (Lipinski definition) is 4. The maximum Gasteiger partial charge on any atom is 0.239 e. The Hall–Kier alpha value is -2.37. The van der Waals surface area contributed by atoms with Gasteiger partial charge in [-0.3, -0.25) is 14.1 Å². The fourth-order valence-corrected chi connectivity index (χ4v) is 5.34. The van der Waals surface area contributed by atoms with Crippen molar-refractivity contribution in [2.75, 3.05) is 13.1 Å². The molecule has 0 aliphatic carbocycles. The van der Waals surface area contributed by atoms with Crippen molar-refractivity contribution in [1.82, 2.24) is 24.5 Å². The number of nitrogens with zero attached hydrogens (tertiary/aromatic N) is 3. The summed E-state index contributed by atoms with van der Waals surface area (Å²) in [5, 5.41) is 2.82. The van der Waals surface area contributed by atoms with Crippen LogP contribution in [0, 0.1) is 11.7 Å². The van der Waals surface area contributed by atoms with Gasteiger partial charge in [0.25, 0.3) is 0 Å². The second kappa shape index (κ2) is 12.7. The molecule has 2 aromatic rings. The molecule has 1 aromatic carbocycles. The molecule has 3 N–H and O–H groups in total. The summed E-state index contributed by atoms with van der Waals surface area (Å²) in [6.07, 6.45) is 4.09. The molecule has 36 heavy (non-hydrogen) atoms. The van der Waals surface area contributed by atoms with E-state index in [0.717, 1.165) is 25.7 Å². The summed E-state index contributed by atoms with van der Waals surface area (Å²) in [6.45, 7) is 8.52. The first-order chi connectivity index (χ1) is 17.1. The lowest BCUT2D eigenvalue weighted by atomic mass is 9.98. The first-order valence-corrected chi connectivity index (χ1v) is 13.8. The number of carbonyl (C=O) groups excluding carboxylic acids is 2. The Labute approximate surface area is 214 Å². The topological polar surface area (TPSA) is 119 Å². The fraction of sp³-hybridized carbons (Fsp3) is 0.640. The number of nitrogens with one attached hydrogen (secondary N) is 2. The molecule has 3 rings (SSSR count). The average Bonchev–Trinajstić information content (AvgIpc) is 3.29. The molecule has 200 valence electrons. The van der Waals surface area contributed by atoms with Crippen molar-refractivity contribution in [2.24, 2.45) is 5.92 Å². The molecular weight excluding hydrogens is 485 g/mol. The minimum Gasteiger partial charge on any atom is -0.345 e. The van der Waals surface area contributed by atoms with Crippen molar-refractivity contribution in [2.45, 2.75) is 84.3 Å². The van der Waals surface area contributed by atoms with Crippen molar-refractivity contribution in [3.05, 3.63) is 29.8 Å². The van der Waals surface area contributed by atoms with Crippen LogP contribution in [0.1, 0.15) is 78.1 Å². The number of amides is 2. The van der Waals surface area contributed by atoms with Crippen LogP contribution < -0.4 is 5.32 Å². The second-order valence-electron chi connectivity index (χ2n) is 9.91. The van der Waals surface area contributed by atoms with E-state index in [2.05, 4.69) is 15.3 Å². The molecule has 1 aromatic heterocycles. The van der Waals surface area contributed by atoms with Crippen molar-refractivity contribution < 1.29 is 22.7 Å². The zero-order chi connectivity index (χ0) is 26.4. The van der Waals surface area contributed by atoms with Crippen molar-refractivity contribution in [1.29, 1.82) is 0 Å². The van der Waals surface area contributed by atoms with E-state index in [0.29, 0.717) is 24.3 Å². The Bertz CT molecular complexity index is 1080. The number of halogens is 1. The Morgan fingerprint density at radius 3 is 2.72 bits per heavy atom. The smallest absolute Gasteiger partial charge is 0.239 e. The van der Waals surface area contributed by atoms with Gasteiger partial charge in [0.1, 0.15) is 17.4 Å². The first kappa shape index (κ1) is 28.2. The van der Waals surface area contributed by atoms with E-state index in [1.165, 1.54) is 10.4 Å². The van der Waals surface area contributed by atoms with Crippen LogP contribution >= 0.6 is 0 Å². The second-order valence-corrected chi connectivity index (χ2v) is 10.8. The molecule has 1 aliphatic heterocycles. The van der Waals surface area contributed by atoms with E-state index < -0.39 is 35.1 Å². The van der Waals surface area contributed by atoms with Crippen LogP contribution in [0.3, 0.4) is 0 Å². The highest BCUT2D eigenvalue weighted by Gasteiger charge is 2.36. The quantitative estimate of drug-likeness (QED) is 0.386. The molecular formula is C25H38FN5O4S. The number of hydrogen-bond donors (Lipinski definition) is 3. The molecule has 0 radical (unpaired) electrons. The normalized spacial score (nSPS) is 19.0. The number of likely N-dealkylation sites (tertiary alicyclic amines) is 1. The predicted molar refractivity (Wildman–Crippen MR) is 138 cm³/mol. The third kappa shape index (κ3) is 6.89. The van der Waals surface area contributed by atoms with E-state index in [1.54, 1.807) is 19.1 Å². The lowest BCUT2D eigenvalue weighted by Crippen LogP contribution is -2.52. The summed E-state index contributed by atoms with van der Waals surface area (Å²) < 4.78 is 37.7. The van der Waals surface area contributed by atoms with E-state index in [-0.39, 0.29) is 36.3 Å². The van der Waals surface area contributed by atoms with Crippen molar-refractivity contribution >= 4 is 34.1 Å². The van der Waals surface area contributed by atoms with Gasteiger partial charge in [0.2, 0.25) is 23.1 Å². The number of fused-ring (bicyclic) bond motifs is 1. The van der Waals surface area contributed by atoms with Gasteiger partial charge in [-0.15, -0.1) is 0 Å². The lowest BCUT2D eigenvalue weighted by Gasteiger charge is -2.37. The van der Waals surface area contributed by atoms with E-state index in [1.807, 2.05) is 25.7 Å². The Morgan fingerprint density at radius 1 is 1.33 bits per heavy atom. The lowest BCUT2D eigenvalue weighted by molar-refractivity contribution is -0.139. The van der Waals surface area contributed by atoms with Gasteiger partial charge < -0.3 is 15.2 Å². The zero-order valence-electron chi connectivity index (χ0n) is 21.5. The molecule has 0 bridgehead atoms. The first-order valence-electron chi connectivity index (χ1n) is 12.7. The highest BCUT2D eigenvalue weighted by Crippen LogP contribution is 2.23. The summed E-state index contributed by atoms with van der Waals surface area (Å²) in [6, 6.07) is 2.91. The number of imidazole rings is 1. The van der Waals surface area contributed by atoms with Gasteiger partial charge in [0, 0.05) is 19.1 Å². The Balaban J connectivity index is 1.83. The van der Waals surface area contributed by atoms with Crippen LogP contribution in [-0.4, -0.2) is 64.9 Å². The van der Waals surface area contributed by atoms with Crippen molar-refractivity contribution in [3.63, 3.8) is 0 Å². The van der Waals surface area contributed by atoms with Crippen LogP contribution in [0.25, 0.3) is 11.0 Å². The van der Waals surface area contributed by atoms with Crippen molar-refractivity contribution in [3.8, 4) is 0 Å². The Kier molecular flexibility index (Phi) is 9.98. The number of para-hydroxylation sites is 1. The summed E-state index contributed by atoms with van der Waals surface area (Å²) >= 11 is -2.45. The standard InChI is InChI=1S/C25H38FN5O4S/c1-5-18-9-6-7-13-30(18)22(32)15-21(31(36(34)35)14-12-16(2)3)25(33)27-17(4)24-28-20-11-8-10-19(26)23(20)29-24/h8,10-11,16-18,21H,5-7,9,12-15H2,1-4H3,(H,27,33)(H,28,29)(H,34,35)/t17-,18-,21-/m0/s1. The maximum absolute atomic E-state index is 14.1. The van der Waals surface area contributed by atoms with Crippen LogP contribution in [0.15, 0.2) is 18.2 Å². The molecule has 2 amide bonds. The maximum atomic E-state index is 14.1. The minimum atomic E-state index is -2.45. The molecule has 0 saturated carbocycles. The molecule has 11 heteroatoms. The van der Waals surface area contributed by atoms with Crippen LogP contribution in [0.4, 0.5) is 4.39 Å². The average molecular weight is 524 g/mol. The molecule has 2 heterocycles. The van der Waals surface area contributed by atoms with E-state index >= 15 is 0 Å². The third-order valence-corrected chi connectivity index (χ3v) is 7.65. The number of H-pyrrole nitrogens is 1. The minimum absolute atomic E-state index is 0.114. The third-order valence-electron chi connectivity index (χ3n) is 6.82. The van der Waals surface area contributed by atoms with Gasteiger partial charge in [-0.1, -0.05) is 26.8 Å². The van der Waals surface area contributed by atoms with Crippen LogP contribution in [0.2, 0.25) is 0 Å². The molecule has 1 aliphatic rings. The van der Waals surface area contributed by atoms with Crippen LogP contribution in [0.5, 0.6) is 0 Å². The summed E-state index contributed by atoms with van der Waals surface area (Å²) in [5.74, 6) is -0.617. The Morgan fingerprint density at radius 2 is 2.08 bits per heavy atom. The number of rotatable bonds is 11. The summed E-state index contributed by atoms with van der Waals surface area (Å²) in [7, 11) is 0. The number of aromatic amines is 1. The largest absolute Gasteiger partial charge is 0.345 e. The predicted octanol–water partition coefficient (Wildman–Crippen LogP) is 3.91. The molecule has 0 spiro atoms. The summed E-state index contributed by atoms with van der Waals surface area (Å²) in [5.41, 5.74) is 0.676. The monoisotopic (exact) mass is 523 g/mol. The molecule has 1 fully saturated rings. The SMILES string of the molecule is CC[C@H]1CCCCN1C(=O)C[C@@H](C(=O)N[C@@H](C)c1nc2c(F)cccc2[nH]1)N(CCC(C)C)S(=O)O. The van der Waals surface area contributed by atoms with Gasteiger partial charge in [-0.25, -0.2) is 13.6 Å². The molecule has 1 saturated heterocycles. The summed E-state index contributed by atoms with van der Waals surface area (Å²) in [4.78, 5) is 35.9. The number of piperidine rings is 1. The number of aromatic nitrogens is 2. The number of benzene rings is 1. The molecule has 4 atom stereocenters. The van der Waals surface area contributed by atoms with Crippen LogP contribution in [-0.2, 0) is 20.9 Å². The van der Waals surface area contributed by atoms with Gasteiger partial charge in [0.15, 0.2) is 5.82 Å². The highest BCUT2D eigenvalue weighted by atomic mass is 32.2. The molecule has 9 nitrogen and oxygen atoms in total. The van der Waals surface area contributed by atoms with Gasteiger partial charge in [0.05, 0.1) is 18.0 Å². The zero-order valence-corrected chi connectivity index (χ0v) is 22.3. The van der Waals surface area contributed by atoms with Gasteiger partial charge in [-0.2, -0.15) is 4.31 Å². The van der Waals surface area contributed by atoms with E-state index in [4.69, 9.17) is 0 Å². The van der Waals surface area contributed by atoms with Gasteiger partial charge in [-0.05, 0) is 57.1 Å².